The van der Waals surface area contributed by atoms with Crippen molar-refractivity contribution in [1.29, 1.82) is 0 Å². The van der Waals surface area contributed by atoms with E-state index in [1.54, 1.807) is 23.0 Å². The van der Waals surface area contributed by atoms with E-state index >= 15 is 0 Å². The van der Waals surface area contributed by atoms with E-state index in [1.807, 2.05) is 18.3 Å². The van der Waals surface area contributed by atoms with Crippen molar-refractivity contribution in [2.45, 2.75) is 19.3 Å². The largest absolute Gasteiger partial charge is 0.329 e. The van der Waals surface area contributed by atoms with Crippen LogP contribution in [0.1, 0.15) is 19.3 Å². The molecular formula is C15H17ClN4O. The summed E-state index contributed by atoms with van der Waals surface area (Å²) < 4.78 is 1.70. The molecule has 21 heavy (non-hydrogen) atoms. The number of halogens is 1. The Balaban J connectivity index is 1.91. The van der Waals surface area contributed by atoms with Crippen LogP contribution in [0.2, 0.25) is 5.02 Å². The highest BCUT2D eigenvalue weighted by molar-refractivity contribution is 6.31. The number of carbonyl (C=O) groups is 1. The normalized spacial score (nSPS) is 16.3. The third-order valence-electron chi connectivity index (χ3n) is 4.14. The monoisotopic (exact) mass is 304 g/mol. The lowest BCUT2D eigenvalue weighted by atomic mass is 9.68. The highest BCUT2D eigenvalue weighted by atomic mass is 35.5. The summed E-state index contributed by atoms with van der Waals surface area (Å²) in [6, 6.07) is 7.17. The van der Waals surface area contributed by atoms with Crippen LogP contribution in [0.4, 0.5) is 5.69 Å². The molecule has 1 amide bonds. The molecule has 0 unspecified atom stereocenters. The van der Waals surface area contributed by atoms with Gasteiger partial charge in [-0.15, -0.1) is 0 Å². The Morgan fingerprint density at radius 3 is 2.86 bits per heavy atom. The van der Waals surface area contributed by atoms with Crippen LogP contribution in [0.15, 0.2) is 36.7 Å². The Labute approximate surface area is 128 Å². The summed E-state index contributed by atoms with van der Waals surface area (Å²) >= 11 is 6.05. The van der Waals surface area contributed by atoms with Gasteiger partial charge in [0.25, 0.3) is 0 Å². The predicted octanol–water partition coefficient (Wildman–Crippen LogP) is 2.59. The van der Waals surface area contributed by atoms with Crippen molar-refractivity contribution in [2.24, 2.45) is 11.1 Å². The third-order valence-corrected chi connectivity index (χ3v) is 4.38. The maximum Gasteiger partial charge on any atom is 0.231 e. The topological polar surface area (TPSA) is 72.9 Å². The number of amides is 1. The lowest BCUT2D eigenvalue weighted by Gasteiger charge is -2.39. The summed E-state index contributed by atoms with van der Waals surface area (Å²) in [5.41, 5.74) is 6.79. The van der Waals surface area contributed by atoms with Crippen LogP contribution in [0.3, 0.4) is 0 Å². The van der Waals surface area contributed by atoms with Crippen LogP contribution in [0, 0.1) is 5.41 Å². The number of hydrogen-bond donors (Lipinski definition) is 2. The number of aromatic nitrogens is 2. The lowest BCUT2D eigenvalue weighted by molar-refractivity contribution is -0.129. The first-order chi connectivity index (χ1) is 10.1. The molecular weight excluding hydrogens is 288 g/mol. The molecule has 0 spiro atoms. The zero-order valence-electron chi connectivity index (χ0n) is 11.6. The third kappa shape index (κ3) is 2.54. The Bertz CT molecular complexity index is 644. The zero-order chi connectivity index (χ0) is 14.9. The van der Waals surface area contributed by atoms with E-state index in [1.165, 1.54) is 0 Å². The molecule has 1 aromatic carbocycles. The number of nitrogens with two attached hydrogens (primary N) is 1. The molecule has 0 aliphatic heterocycles. The van der Waals surface area contributed by atoms with Crippen molar-refractivity contribution in [3.8, 4) is 5.69 Å². The SMILES string of the molecule is NCC1(C(=O)Nc2cc(Cl)ccc2-n2cccn2)CCC1. The smallest absolute Gasteiger partial charge is 0.231 e. The van der Waals surface area contributed by atoms with Gasteiger partial charge in [0.1, 0.15) is 0 Å². The molecule has 1 fully saturated rings. The maximum absolute atomic E-state index is 12.5. The highest BCUT2D eigenvalue weighted by Crippen LogP contribution is 2.41. The van der Waals surface area contributed by atoms with Gasteiger partial charge in [-0.3, -0.25) is 4.79 Å². The molecule has 0 atom stereocenters. The van der Waals surface area contributed by atoms with E-state index in [0.717, 1.165) is 24.9 Å². The molecule has 2 aromatic rings. The van der Waals surface area contributed by atoms with Gasteiger partial charge in [0.15, 0.2) is 0 Å². The van der Waals surface area contributed by atoms with E-state index < -0.39 is 5.41 Å². The number of nitrogens with zero attached hydrogens (tertiary/aromatic N) is 2. The average molecular weight is 305 g/mol. The van der Waals surface area contributed by atoms with Gasteiger partial charge in [-0.25, -0.2) is 4.68 Å². The van der Waals surface area contributed by atoms with E-state index in [2.05, 4.69) is 10.4 Å². The molecule has 1 heterocycles. The van der Waals surface area contributed by atoms with Crippen molar-refractivity contribution in [3.63, 3.8) is 0 Å². The van der Waals surface area contributed by atoms with Crippen molar-refractivity contribution in [3.05, 3.63) is 41.7 Å². The van der Waals surface area contributed by atoms with Gasteiger partial charge in [0, 0.05) is 24.0 Å². The minimum Gasteiger partial charge on any atom is -0.329 e. The zero-order valence-corrected chi connectivity index (χ0v) is 12.3. The van der Waals surface area contributed by atoms with Gasteiger partial charge >= 0.3 is 0 Å². The first kappa shape index (κ1) is 14.1. The van der Waals surface area contributed by atoms with Crippen LogP contribution < -0.4 is 11.1 Å². The summed E-state index contributed by atoms with van der Waals surface area (Å²) in [5.74, 6) is -0.0353. The summed E-state index contributed by atoms with van der Waals surface area (Å²) in [6.07, 6.45) is 6.24. The summed E-state index contributed by atoms with van der Waals surface area (Å²) in [7, 11) is 0. The van der Waals surface area contributed by atoms with Crippen LogP contribution in [0.25, 0.3) is 5.69 Å². The Morgan fingerprint density at radius 2 is 2.29 bits per heavy atom. The first-order valence-electron chi connectivity index (χ1n) is 6.96. The van der Waals surface area contributed by atoms with E-state index in [-0.39, 0.29) is 5.91 Å². The summed E-state index contributed by atoms with van der Waals surface area (Å²) in [5, 5.41) is 7.73. The molecule has 110 valence electrons. The fraction of sp³-hybridized carbons (Fsp3) is 0.333. The summed E-state index contributed by atoms with van der Waals surface area (Å²) in [6.45, 7) is 0.372. The predicted molar refractivity (Wildman–Crippen MR) is 82.5 cm³/mol. The standard InChI is InChI=1S/C15H17ClN4O/c16-11-3-4-13(20-8-2-7-18-20)12(9-11)19-14(21)15(10-17)5-1-6-15/h2-4,7-9H,1,5-6,10,17H2,(H,19,21). The first-order valence-corrected chi connectivity index (χ1v) is 7.33. The second-order valence-electron chi connectivity index (χ2n) is 5.40. The molecule has 0 radical (unpaired) electrons. The van der Waals surface area contributed by atoms with Crippen molar-refractivity contribution >= 4 is 23.2 Å². The second kappa shape index (κ2) is 5.50. The molecule has 3 N–H and O–H groups in total. The van der Waals surface area contributed by atoms with Gasteiger partial charge in [-0.05, 0) is 37.1 Å². The van der Waals surface area contributed by atoms with Crippen molar-refractivity contribution < 1.29 is 4.79 Å². The Morgan fingerprint density at radius 1 is 1.48 bits per heavy atom. The van der Waals surface area contributed by atoms with E-state index in [0.29, 0.717) is 17.3 Å². The fourth-order valence-electron chi connectivity index (χ4n) is 2.60. The van der Waals surface area contributed by atoms with Gasteiger partial charge < -0.3 is 11.1 Å². The fourth-order valence-corrected chi connectivity index (χ4v) is 2.77. The number of rotatable bonds is 4. The van der Waals surface area contributed by atoms with Crippen molar-refractivity contribution in [2.75, 3.05) is 11.9 Å². The number of hydrogen-bond acceptors (Lipinski definition) is 3. The lowest BCUT2D eigenvalue weighted by Crippen LogP contribution is -2.47. The molecule has 5 nitrogen and oxygen atoms in total. The van der Waals surface area contributed by atoms with E-state index in [9.17, 15) is 4.79 Å². The van der Waals surface area contributed by atoms with Crippen LogP contribution in [-0.4, -0.2) is 22.2 Å². The van der Waals surface area contributed by atoms with Crippen molar-refractivity contribution in [1.82, 2.24) is 9.78 Å². The second-order valence-corrected chi connectivity index (χ2v) is 5.84. The average Bonchev–Trinajstić information content (AvgIpc) is 2.92. The van der Waals surface area contributed by atoms with Crippen LogP contribution in [-0.2, 0) is 4.79 Å². The summed E-state index contributed by atoms with van der Waals surface area (Å²) in [4.78, 5) is 12.5. The van der Waals surface area contributed by atoms with Crippen LogP contribution >= 0.6 is 11.6 Å². The Hall–Kier alpha value is -1.85. The molecule has 3 rings (SSSR count). The van der Waals surface area contributed by atoms with Gasteiger partial charge in [0.05, 0.1) is 16.8 Å². The maximum atomic E-state index is 12.5. The number of nitrogens with one attached hydrogen (secondary N) is 1. The van der Waals surface area contributed by atoms with Gasteiger partial charge in [-0.2, -0.15) is 5.10 Å². The molecule has 1 aliphatic rings. The molecule has 0 bridgehead atoms. The van der Waals surface area contributed by atoms with Gasteiger partial charge in [-0.1, -0.05) is 18.0 Å². The highest BCUT2D eigenvalue weighted by Gasteiger charge is 2.43. The van der Waals surface area contributed by atoms with Crippen LogP contribution in [0.5, 0.6) is 0 Å². The number of benzene rings is 1. The Kier molecular flexibility index (Phi) is 3.69. The quantitative estimate of drug-likeness (QED) is 0.912. The molecule has 6 heteroatoms. The number of carbonyl (C=O) groups excluding carboxylic acids is 1. The molecule has 1 saturated carbocycles. The minimum atomic E-state index is -0.427. The minimum absolute atomic E-state index is 0.0353. The number of anilines is 1. The van der Waals surface area contributed by atoms with Gasteiger partial charge in [0.2, 0.25) is 5.91 Å². The molecule has 1 aliphatic carbocycles. The van der Waals surface area contributed by atoms with E-state index in [4.69, 9.17) is 17.3 Å². The molecule has 0 saturated heterocycles. The molecule has 1 aromatic heterocycles.